The molecule has 0 unspecified atom stereocenters. The van der Waals surface area contributed by atoms with Crippen molar-refractivity contribution in [3.63, 3.8) is 0 Å². The molecule has 0 atom stereocenters. The number of hydrogen-bond donors (Lipinski definition) is 0. The third kappa shape index (κ3) is 3.60. The molecule has 0 aliphatic rings. The van der Waals surface area contributed by atoms with Crippen LogP contribution in [0.2, 0.25) is 0 Å². The van der Waals surface area contributed by atoms with Gasteiger partial charge < -0.3 is 0 Å². The van der Waals surface area contributed by atoms with Crippen molar-refractivity contribution >= 4 is 16.8 Å². The van der Waals surface area contributed by atoms with E-state index < -0.39 is 0 Å². The molecule has 0 aromatic heterocycles. The normalized spacial score (nSPS) is 10.0. The van der Waals surface area contributed by atoms with Gasteiger partial charge in [0.2, 0.25) is 5.24 Å². The van der Waals surface area contributed by atoms with Gasteiger partial charge in [-0.05, 0) is 29.1 Å². The lowest BCUT2D eigenvalue weighted by Crippen LogP contribution is -1.93. The molecule has 0 radical (unpaired) electrons. The van der Waals surface area contributed by atoms with Gasteiger partial charge in [0.05, 0.1) is 0 Å². The van der Waals surface area contributed by atoms with Gasteiger partial charge in [-0.15, -0.1) is 0 Å². The zero-order valence-corrected chi connectivity index (χ0v) is 8.47. The molecule has 1 nitrogen and oxygen atoms in total. The quantitative estimate of drug-likeness (QED) is 0.677. The van der Waals surface area contributed by atoms with Gasteiger partial charge in [0, 0.05) is 6.42 Å². The van der Waals surface area contributed by atoms with Gasteiger partial charge in [0.1, 0.15) is 0 Å². The summed E-state index contributed by atoms with van der Waals surface area (Å²) in [5.74, 6) is 0. The molecule has 0 aliphatic carbocycles. The molecule has 0 saturated heterocycles. The summed E-state index contributed by atoms with van der Waals surface area (Å²) in [6.07, 6.45) is 2.57. The second kappa shape index (κ2) is 5.03. The van der Waals surface area contributed by atoms with Gasteiger partial charge in [0.25, 0.3) is 0 Å². The second-order valence-electron chi connectivity index (χ2n) is 3.10. The fourth-order valence-electron chi connectivity index (χ4n) is 1.27. The van der Waals surface area contributed by atoms with Crippen molar-refractivity contribution in [1.82, 2.24) is 0 Å². The van der Waals surface area contributed by atoms with E-state index in [0.29, 0.717) is 6.42 Å². The van der Waals surface area contributed by atoms with Crippen molar-refractivity contribution in [2.45, 2.75) is 26.2 Å². The molecule has 0 heterocycles. The fraction of sp³-hybridized carbons (Fsp3) is 0.364. The Labute approximate surface area is 83.7 Å². The van der Waals surface area contributed by atoms with Crippen LogP contribution in [0.25, 0.3) is 0 Å². The molecule has 13 heavy (non-hydrogen) atoms. The third-order valence-corrected chi connectivity index (χ3v) is 2.04. The zero-order valence-electron chi connectivity index (χ0n) is 7.72. The monoisotopic (exact) mass is 196 g/mol. The molecule has 0 spiro atoms. The minimum Gasteiger partial charge on any atom is -0.281 e. The van der Waals surface area contributed by atoms with Crippen molar-refractivity contribution in [2.75, 3.05) is 0 Å². The minimum atomic E-state index is -0.303. The second-order valence-corrected chi connectivity index (χ2v) is 3.52. The molecule has 2 heteroatoms. The van der Waals surface area contributed by atoms with Gasteiger partial charge in [-0.1, -0.05) is 37.6 Å². The van der Waals surface area contributed by atoms with Crippen LogP contribution in [0.1, 0.15) is 24.5 Å². The van der Waals surface area contributed by atoms with Gasteiger partial charge >= 0.3 is 0 Å². The van der Waals surface area contributed by atoms with Crippen LogP contribution in [-0.4, -0.2) is 5.24 Å². The summed E-state index contributed by atoms with van der Waals surface area (Å²) >= 11 is 5.27. The maximum atomic E-state index is 10.6. The van der Waals surface area contributed by atoms with Crippen LogP contribution in [0.5, 0.6) is 0 Å². The average molecular weight is 197 g/mol. The lowest BCUT2D eigenvalue weighted by atomic mass is 10.1. The molecule has 1 rings (SSSR count). The molecule has 1 aromatic rings. The average Bonchev–Trinajstić information content (AvgIpc) is 2.08. The van der Waals surface area contributed by atoms with E-state index in [-0.39, 0.29) is 5.24 Å². The Bertz CT molecular complexity index is 277. The summed E-state index contributed by atoms with van der Waals surface area (Å²) in [5, 5.41) is -0.303. The molecule has 0 aliphatic heterocycles. The van der Waals surface area contributed by atoms with Crippen molar-refractivity contribution in [3.05, 3.63) is 35.4 Å². The lowest BCUT2D eigenvalue weighted by molar-refractivity contribution is -0.111. The van der Waals surface area contributed by atoms with Gasteiger partial charge in [0.15, 0.2) is 0 Å². The number of carbonyl (C=O) groups is 1. The van der Waals surface area contributed by atoms with Crippen LogP contribution < -0.4 is 0 Å². The molecule has 0 fully saturated rings. The molecular weight excluding hydrogens is 184 g/mol. The molecule has 0 N–H and O–H groups in total. The van der Waals surface area contributed by atoms with Gasteiger partial charge in [-0.2, -0.15) is 0 Å². The maximum Gasteiger partial charge on any atom is 0.226 e. The number of halogens is 1. The summed E-state index contributed by atoms with van der Waals surface area (Å²) in [4.78, 5) is 10.6. The van der Waals surface area contributed by atoms with Crippen molar-refractivity contribution in [2.24, 2.45) is 0 Å². The smallest absolute Gasteiger partial charge is 0.226 e. The molecule has 0 bridgehead atoms. The van der Waals surface area contributed by atoms with Crippen LogP contribution in [0.4, 0.5) is 0 Å². The van der Waals surface area contributed by atoms with E-state index in [9.17, 15) is 4.79 Å². The Morgan fingerprint density at radius 1 is 1.23 bits per heavy atom. The third-order valence-electron chi connectivity index (χ3n) is 1.90. The van der Waals surface area contributed by atoms with Crippen molar-refractivity contribution < 1.29 is 4.79 Å². The Hall–Kier alpha value is -0.820. The number of aryl methyl sites for hydroxylation is 1. The van der Waals surface area contributed by atoms with Crippen LogP contribution >= 0.6 is 11.6 Å². The highest BCUT2D eigenvalue weighted by atomic mass is 35.5. The topological polar surface area (TPSA) is 17.1 Å². The van der Waals surface area contributed by atoms with Crippen molar-refractivity contribution in [1.29, 1.82) is 0 Å². The largest absolute Gasteiger partial charge is 0.281 e. The summed E-state index contributed by atoms with van der Waals surface area (Å²) in [7, 11) is 0. The van der Waals surface area contributed by atoms with Crippen LogP contribution in [0.3, 0.4) is 0 Å². The zero-order chi connectivity index (χ0) is 9.68. The number of rotatable bonds is 4. The van der Waals surface area contributed by atoms with E-state index in [2.05, 4.69) is 19.1 Å². The standard InChI is InChI=1S/C11H13ClO/c1-2-3-9-4-6-10(7-5-9)8-11(12)13/h4-7H,2-3,8H2,1H3. The van der Waals surface area contributed by atoms with E-state index in [0.717, 1.165) is 18.4 Å². The number of hydrogen-bond acceptors (Lipinski definition) is 1. The first kappa shape index (κ1) is 10.3. The molecular formula is C11H13ClO. The molecule has 1 aromatic carbocycles. The minimum absolute atomic E-state index is 0.303. The predicted octanol–water partition coefficient (Wildman–Crippen LogP) is 2.95. The highest BCUT2D eigenvalue weighted by molar-refractivity contribution is 6.63. The number of carbonyl (C=O) groups excluding carboxylic acids is 1. The SMILES string of the molecule is CCCc1ccc(CC(=O)Cl)cc1. The molecule has 0 amide bonds. The van der Waals surface area contributed by atoms with Crippen LogP contribution in [-0.2, 0) is 17.6 Å². The summed E-state index contributed by atoms with van der Waals surface area (Å²) < 4.78 is 0. The van der Waals surface area contributed by atoms with E-state index in [1.165, 1.54) is 5.56 Å². The van der Waals surface area contributed by atoms with Gasteiger partial charge in [-0.3, -0.25) is 4.79 Å². The van der Waals surface area contributed by atoms with E-state index in [4.69, 9.17) is 11.6 Å². The van der Waals surface area contributed by atoms with E-state index >= 15 is 0 Å². The lowest BCUT2D eigenvalue weighted by Gasteiger charge is -2.00. The van der Waals surface area contributed by atoms with Crippen molar-refractivity contribution in [3.8, 4) is 0 Å². The van der Waals surface area contributed by atoms with Crippen LogP contribution in [0.15, 0.2) is 24.3 Å². The van der Waals surface area contributed by atoms with E-state index in [1.54, 1.807) is 0 Å². The first-order valence-electron chi connectivity index (χ1n) is 4.48. The van der Waals surface area contributed by atoms with E-state index in [1.807, 2.05) is 12.1 Å². The first-order valence-corrected chi connectivity index (χ1v) is 4.86. The Kier molecular flexibility index (Phi) is 3.97. The van der Waals surface area contributed by atoms with Gasteiger partial charge in [-0.25, -0.2) is 0 Å². The summed E-state index contributed by atoms with van der Waals surface area (Å²) in [6, 6.07) is 8.04. The fourth-order valence-corrected chi connectivity index (χ4v) is 1.43. The Morgan fingerprint density at radius 2 is 1.77 bits per heavy atom. The van der Waals surface area contributed by atoms with Crippen LogP contribution in [0, 0.1) is 0 Å². The predicted molar refractivity (Wildman–Crippen MR) is 55.0 cm³/mol. The summed E-state index contributed by atoms with van der Waals surface area (Å²) in [5.41, 5.74) is 2.30. The molecule has 70 valence electrons. The molecule has 0 saturated carbocycles. The maximum absolute atomic E-state index is 10.6. The highest BCUT2D eigenvalue weighted by Gasteiger charge is 1.98. The number of benzene rings is 1. The first-order chi connectivity index (χ1) is 6.22. The Balaban J connectivity index is 2.64. The Morgan fingerprint density at radius 3 is 2.23 bits per heavy atom. The summed E-state index contributed by atoms with van der Waals surface area (Å²) in [6.45, 7) is 2.15. The highest BCUT2D eigenvalue weighted by Crippen LogP contribution is 2.08.